The Morgan fingerprint density at radius 3 is 2.46 bits per heavy atom. The summed E-state index contributed by atoms with van der Waals surface area (Å²) in [7, 11) is 0. The van der Waals surface area contributed by atoms with Gasteiger partial charge in [0.05, 0.1) is 6.04 Å². The molecule has 1 aliphatic carbocycles. The number of aromatic nitrogens is 3. The molecule has 192 valence electrons. The fourth-order valence-electron chi connectivity index (χ4n) is 6.73. The van der Waals surface area contributed by atoms with Crippen molar-refractivity contribution in [1.82, 2.24) is 25.0 Å². The van der Waals surface area contributed by atoms with Gasteiger partial charge in [0.2, 0.25) is 5.91 Å². The summed E-state index contributed by atoms with van der Waals surface area (Å²) in [6.07, 6.45) is 7.36. The number of hydrogen-bond donors (Lipinski definition) is 1. The van der Waals surface area contributed by atoms with E-state index in [2.05, 4.69) is 62.6 Å². The maximum Gasteiger partial charge on any atom is 0.223 e. The van der Waals surface area contributed by atoms with E-state index in [0.29, 0.717) is 49.7 Å². The van der Waals surface area contributed by atoms with Crippen LogP contribution in [0.2, 0.25) is 0 Å². The van der Waals surface area contributed by atoms with Crippen molar-refractivity contribution in [2.45, 2.75) is 115 Å². The van der Waals surface area contributed by atoms with Gasteiger partial charge >= 0.3 is 0 Å². The summed E-state index contributed by atoms with van der Waals surface area (Å²) >= 11 is 1.68. The molecule has 4 heterocycles. The summed E-state index contributed by atoms with van der Waals surface area (Å²) in [5.41, 5.74) is 1.20. The van der Waals surface area contributed by atoms with Crippen molar-refractivity contribution in [3.63, 3.8) is 0 Å². The van der Waals surface area contributed by atoms with Crippen molar-refractivity contribution in [2.24, 2.45) is 5.92 Å². The molecule has 2 aliphatic heterocycles. The fourth-order valence-corrected chi connectivity index (χ4v) is 7.44. The fraction of sp³-hybridized carbons (Fsp3) is 0.741. The highest BCUT2D eigenvalue weighted by Crippen LogP contribution is 2.42. The normalized spacial score (nSPS) is 30.0. The van der Waals surface area contributed by atoms with E-state index in [0.717, 1.165) is 37.5 Å². The van der Waals surface area contributed by atoms with Crippen molar-refractivity contribution >= 4 is 17.2 Å². The van der Waals surface area contributed by atoms with E-state index in [1.807, 2.05) is 0 Å². The minimum atomic E-state index is -0.733. The lowest BCUT2D eigenvalue weighted by Gasteiger charge is -2.40. The first-order valence-electron chi connectivity index (χ1n) is 13.5. The number of fused-ring (bicyclic) bond motifs is 2. The predicted molar refractivity (Wildman–Crippen MR) is 137 cm³/mol. The molecule has 2 saturated heterocycles. The van der Waals surface area contributed by atoms with Gasteiger partial charge < -0.3 is 9.88 Å². The van der Waals surface area contributed by atoms with Gasteiger partial charge in [0.15, 0.2) is 0 Å². The van der Waals surface area contributed by atoms with E-state index in [4.69, 9.17) is 0 Å². The first-order chi connectivity index (χ1) is 16.9. The molecule has 2 bridgehead atoms. The van der Waals surface area contributed by atoms with Gasteiger partial charge in [-0.3, -0.25) is 9.69 Å². The summed E-state index contributed by atoms with van der Waals surface area (Å²) in [4.78, 5) is 15.8. The molecular formula is C27H40FN5OS. The quantitative estimate of drug-likeness (QED) is 0.503. The summed E-state index contributed by atoms with van der Waals surface area (Å²) in [5, 5.41) is 16.5. The molecule has 2 aromatic heterocycles. The molecule has 2 aromatic rings. The second-order valence-corrected chi connectivity index (χ2v) is 12.0. The lowest BCUT2D eigenvalue weighted by Crippen LogP contribution is -2.45. The van der Waals surface area contributed by atoms with Crippen LogP contribution in [-0.2, 0) is 4.79 Å². The highest BCUT2D eigenvalue weighted by molar-refractivity contribution is 7.08. The van der Waals surface area contributed by atoms with E-state index in [1.54, 1.807) is 11.3 Å². The largest absolute Gasteiger partial charge is 0.349 e. The predicted octanol–water partition coefficient (Wildman–Crippen LogP) is 5.72. The van der Waals surface area contributed by atoms with Gasteiger partial charge in [0.1, 0.15) is 17.8 Å². The van der Waals surface area contributed by atoms with Crippen molar-refractivity contribution < 1.29 is 9.18 Å². The highest BCUT2D eigenvalue weighted by Gasteiger charge is 2.42. The SMILES string of the molecule is Cc1nnc(C(C)C)n1C1C[C@H]2CC[C@@H](C1)N2CC[C@H](NC(=O)C1CCC(F)CC1)c1ccsc1. The molecule has 0 aromatic carbocycles. The first-order valence-corrected chi connectivity index (χ1v) is 14.5. The Bertz CT molecular complexity index is 970. The third-order valence-electron chi connectivity index (χ3n) is 8.60. The van der Waals surface area contributed by atoms with Crippen LogP contribution >= 0.6 is 11.3 Å². The molecule has 0 spiro atoms. The van der Waals surface area contributed by atoms with E-state index in [1.165, 1.54) is 18.4 Å². The summed E-state index contributed by atoms with van der Waals surface area (Å²) in [5.74, 6) is 2.59. The smallest absolute Gasteiger partial charge is 0.223 e. The number of nitrogens with one attached hydrogen (secondary N) is 1. The van der Waals surface area contributed by atoms with E-state index >= 15 is 0 Å². The van der Waals surface area contributed by atoms with Crippen LogP contribution in [-0.4, -0.2) is 50.4 Å². The van der Waals surface area contributed by atoms with Gasteiger partial charge in [0, 0.05) is 36.5 Å². The lowest BCUT2D eigenvalue weighted by molar-refractivity contribution is -0.127. The third kappa shape index (κ3) is 5.33. The molecule has 1 amide bonds. The second-order valence-electron chi connectivity index (χ2n) is 11.2. The number of piperidine rings is 1. The van der Waals surface area contributed by atoms with Gasteiger partial charge in [-0.15, -0.1) is 10.2 Å². The number of amides is 1. The van der Waals surface area contributed by atoms with Crippen LogP contribution in [0, 0.1) is 12.8 Å². The van der Waals surface area contributed by atoms with Gasteiger partial charge in [-0.2, -0.15) is 11.3 Å². The summed E-state index contributed by atoms with van der Waals surface area (Å²) < 4.78 is 16.0. The number of halogens is 1. The van der Waals surface area contributed by atoms with Crippen LogP contribution in [0.25, 0.3) is 0 Å². The standard InChI is InChI=1S/C27H40FN5OS/c1-17(2)26-31-30-18(3)33(26)24-14-22-8-9-23(15-24)32(22)12-10-25(20-11-13-35-16-20)29-27(34)19-4-6-21(28)7-5-19/h11,13,16-17,19,21-25H,4-10,12,14-15H2,1-3H3,(H,29,34)/t19?,21?,22-,23+,24?,25-/m0/s1. The van der Waals surface area contributed by atoms with Gasteiger partial charge in [-0.1, -0.05) is 13.8 Å². The molecule has 3 fully saturated rings. The van der Waals surface area contributed by atoms with Crippen LogP contribution in [0.4, 0.5) is 4.39 Å². The molecule has 4 atom stereocenters. The minimum Gasteiger partial charge on any atom is -0.349 e. The molecule has 1 N–H and O–H groups in total. The van der Waals surface area contributed by atoms with Crippen molar-refractivity contribution in [3.05, 3.63) is 34.0 Å². The summed E-state index contributed by atoms with van der Waals surface area (Å²) in [6.45, 7) is 7.48. The Kier molecular flexibility index (Phi) is 7.58. The Morgan fingerprint density at radius 1 is 1.11 bits per heavy atom. The van der Waals surface area contributed by atoms with Crippen molar-refractivity contribution in [2.75, 3.05) is 6.54 Å². The Balaban J connectivity index is 1.23. The van der Waals surface area contributed by atoms with Crippen LogP contribution in [0.1, 0.15) is 107 Å². The molecule has 1 saturated carbocycles. The molecule has 6 nitrogen and oxygen atoms in total. The molecule has 1 unspecified atom stereocenters. The number of nitrogens with zero attached hydrogens (tertiary/aromatic N) is 4. The van der Waals surface area contributed by atoms with Crippen molar-refractivity contribution in [3.8, 4) is 0 Å². The second kappa shape index (κ2) is 10.7. The number of hydrogen-bond acceptors (Lipinski definition) is 5. The zero-order valence-electron chi connectivity index (χ0n) is 21.3. The summed E-state index contributed by atoms with van der Waals surface area (Å²) in [6, 6.07) is 3.81. The van der Waals surface area contributed by atoms with E-state index in [-0.39, 0.29) is 17.9 Å². The maximum atomic E-state index is 13.6. The molecule has 5 rings (SSSR count). The van der Waals surface area contributed by atoms with E-state index < -0.39 is 6.17 Å². The molecule has 0 radical (unpaired) electrons. The van der Waals surface area contributed by atoms with Gasteiger partial charge in [0.25, 0.3) is 0 Å². The topological polar surface area (TPSA) is 63.1 Å². The zero-order chi connectivity index (χ0) is 24.5. The third-order valence-corrected chi connectivity index (χ3v) is 9.30. The average molecular weight is 502 g/mol. The van der Waals surface area contributed by atoms with Gasteiger partial charge in [-0.25, -0.2) is 4.39 Å². The average Bonchev–Trinajstić information content (AvgIpc) is 3.55. The van der Waals surface area contributed by atoms with Crippen LogP contribution in [0.3, 0.4) is 0 Å². The number of alkyl halides is 1. The maximum absolute atomic E-state index is 13.6. The van der Waals surface area contributed by atoms with Crippen LogP contribution in [0.15, 0.2) is 16.8 Å². The number of carbonyl (C=O) groups is 1. The van der Waals surface area contributed by atoms with Crippen molar-refractivity contribution in [1.29, 1.82) is 0 Å². The molecule has 35 heavy (non-hydrogen) atoms. The van der Waals surface area contributed by atoms with Gasteiger partial charge in [-0.05, 0) is 87.1 Å². The first kappa shape index (κ1) is 24.9. The minimum absolute atomic E-state index is 0.0293. The molecular weight excluding hydrogens is 461 g/mol. The molecule has 3 aliphatic rings. The number of rotatable bonds is 8. The van der Waals surface area contributed by atoms with Crippen LogP contribution in [0.5, 0.6) is 0 Å². The Labute approximate surface area is 212 Å². The highest BCUT2D eigenvalue weighted by atomic mass is 32.1. The monoisotopic (exact) mass is 501 g/mol. The number of carbonyl (C=O) groups excluding carboxylic acids is 1. The zero-order valence-corrected chi connectivity index (χ0v) is 22.1. The molecule has 8 heteroatoms. The number of thiophene rings is 1. The number of aryl methyl sites for hydroxylation is 1. The van der Waals surface area contributed by atoms with E-state index in [9.17, 15) is 9.18 Å². The lowest BCUT2D eigenvalue weighted by atomic mass is 9.87. The van der Waals surface area contributed by atoms with Crippen LogP contribution < -0.4 is 5.32 Å². The Morgan fingerprint density at radius 2 is 1.83 bits per heavy atom. The Hall–Kier alpha value is -1.80.